The lowest BCUT2D eigenvalue weighted by Crippen LogP contribution is -2.61. The summed E-state index contributed by atoms with van der Waals surface area (Å²) in [5.41, 5.74) is -0.751. The zero-order valence-corrected chi connectivity index (χ0v) is 12.1. The van der Waals surface area contributed by atoms with Gasteiger partial charge in [-0.3, -0.25) is 4.79 Å². The highest BCUT2D eigenvalue weighted by molar-refractivity contribution is 5.85. The number of aliphatic hydroxyl groups is 1. The van der Waals surface area contributed by atoms with Crippen LogP contribution in [-0.2, 0) is 4.79 Å². The van der Waals surface area contributed by atoms with Crippen LogP contribution < -0.4 is 15.0 Å². The van der Waals surface area contributed by atoms with E-state index in [0.29, 0.717) is 44.2 Å². The smallest absolute Gasteiger partial charge is 0.257 e. The van der Waals surface area contributed by atoms with Gasteiger partial charge in [0.25, 0.3) is 5.88 Å². The molecule has 7 nitrogen and oxygen atoms in total. The van der Waals surface area contributed by atoms with Gasteiger partial charge in [0.05, 0.1) is 18.6 Å². The summed E-state index contributed by atoms with van der Waals surface area (Å²) in [5, 5.41) is 13.3. The molecule has 3 rings (SSSR count). The molecule has 1 spiro atoms. The number of aliphatic hydroxyl groups excluding tert-OH is 1. The third kappa shape index (κ3) is 2.31. The fraction of sp³-hybridized carbons (Fsp3) is 0.643. The lowest BCUT2D eigenvalue weighted by Gasteiger charge is -2.47. The van der Waals surface area contributed by atoms with Gasteiger partial charge in [-0.2, -0.15) is 0 Å². The quantitative estimate of drug-likeness (QED) is 0.795. The molecule has 114 valence electrons. The minimum Gasteiger partial charge on any atom is -0.478 e. The summed E-state index contributed by atoms with van der Waals surface area (Å²) >= 11 is 0. The number of carbonyl (C=O) groups excluding carboxylic acids is 1. The lowest BCUT2D eigenvalue weighted by atomic mass is 9.71. The van der Waals surface area contributed by atoms with E-state index >= 15 is 0 Å². The lowest BCUT2D eigenvalue weighted by molar-refractivity contribution is -0.142. The van der Waals surface area contributed by atoms with Crippen LogP contribution in [0.3, 0.4) is 0 Å². The van der Waals surface area contributed by atoms with E-state index in [0.717, 1.165) is 6.42 Å². The van der Waals surface area contributed by atoms with Crippen LogP contribution in [0.25, 0.3) is 0 Å². The molecular formula is C14H20N4O3. The fourth-order valence-electron chi connectivity index (χ4n) is 3.30. The highest BCUT2D eigenvalue weighted by Crippen LogP contribution is 2.39. The highest BCUT2D eigenvalue weighted by Gasteiger charge is 2.50. The molecule has 2 saturated heterocycles. The predicted octanol–water partition coefficient (Wildman–Crippen LogP) is -0.0474. The number of hydrogen-bond acceptors (Lipinski definition) is 6. The number of amides is 1. The molecule has 0 unspecified atom stereocenters. The van der Waals surface area contributed by atoms with Crippen molar-refractivity contribution in [2.45, 2.75) is 25.4 Å². The second-order valence-corrected chi connectivity index (χ2v) is 5.63. The Kier molecular flexibility index (Phi) is 3.67. The fourth-order valence-corrected chi connectivity index (χ4v) is 3.30. The van der Waals surface area contributed by atoms with Gasteiger partial charge < -0.3 is 20.1 Å². The molecule has 0 bridgehead atoms. The first-order valence-corrected chi connectivity index (χ1v) is 7.24. The number of aromatic nitrogens is 2. The van der Waals surface area contributed by atoms with Crippen molar-refractivity contribution in [2.75, 3.05) is 31.6 Å². The average molecular weight is 292 g/mol. The number of nitrogens with zero attached hydrogens (tertiary/aromatic N) is 3. The molecule has 0 saturated carbocycles. The number of carbonyl (C=O) groups is 1. The Morgan fingerprint density at radius 3 is 3.05 bits per heavy atom. The molecule has 1 aromatic heterocycles. The van der Waals surface area contributed by atoms with Crippen LogP contribution in [0.1, 0.15) is 19.3 Å². The van der Waals surface area contributed by atoms with Gasteiger partial charge in [-0.1, -0.05) is 0 Å². The number of methoxy groups -OCH3 is 1. The van der Waals surface area contributed by atoms with Crippen LogP contribution in [0.4, 0.5) is 5.82 Å². The summed E-state index contributed by atoms with van der Waals surface area (Å²) in [5.74, 6) is 1.01. The molecule has 2 atom stereocenters. The third-order valence-electron chi connectivity index (χ3n) is 4.46. The van der Waals surface area contributed by atoms with Crippen molar-refractivity contribution >= 4 is 11.7 Å². The van der Waals surface area contributed by atoms with E-state index in [9.17, 15) is 9.90 Å². The zero-order valence-electron chi connectivity index (χ0n) is 12.1. The van der Waals surface area contributed by atoms with Crippen molar-refractivity contribution in [3.8, 4) is 5.88 Å². The number of nitrogens with one attached hydrogen (secondary N) is 1. The molecule has 2 aliphatic rings. The van der Waals surface area contributed by atoms with Crippen LogP contribution in [0.2, 0.25) is 0 Å². The number of hydrogen-bond donors (Lipinski definition) is 2. The van der Waals surface area contributed by atoms with Crippen molar-refractivity contribution in [2.24, 2.45) is 5.41 Å². The molecule has 0 aliphatic carbocycles. The van der Waals surface area contributed by atoms with Crippen LogP contribution in [0.15, 0.2) is 12.4 Å². The largest absolute Gasteiger partial charge is 0.478 e. The first-order chi connectivity index (χ1) is 10.2. The molecule has 0 aromatic carbocycles. The Balaban J connectivity index is 1.90. The van der Waals surface area contributed by atoms with Crippen molar-refractivity contribution in [1.82, 2.24) is 15.3 Å². The van der Waals surface area contributed by atoms with Crippen molar-refractivity contribution < 1.29 is 14.6 Å². The van der Waals surface area contributed by atoms with E-state index in [1.807, 2.05) is 4.90 Å². The highest BCUT2D eigenvalue weighted by atomic mass is 16.5. The molecule has 1 aromatic rings. The van der Waals surface area contributed by atoms with Gasteiger partial charge in [-0.15, -0.1) is 0 Å². The topological polar surface area (TPSA) is 87.6 Å². The molecule has 2 fully saturated rings. The Morgan fingerprint density at radius 2 is 2.29 bits per heavy atom. The second-order valence-electron chi connectivity index (χ2n) is 5.63. The number of rotatable bonds is 2. The summed E-state index contributed by atoms with van der Waals surface area (Å²) in [7, 11) is 1.55. The summed E-state index contributed by atoms with van der Waals surface area (Å²) in [4.78, 5) is 22.8. The standard InChI is InChI=1S/C14H20N4O3/c1-21-12-11(15-6-7-16-12)18-8-3-10(19)14(9-18)4-2-5-17-13(14)20/h6-7,10,19H,2-5,8-9H2,1H3,(H,17,20)/t10-,14+/m0/s1. The van der Waals surface area contributed by atoms with Gasteiger partial charge in [0.2, 0.25) is 5.91 Å². The van der Waals surface area contributed by atoms with Crippen LogP contribution in [-0.4, -0.2) is 53.8 Å². The maximum absolute atomic E-state index is 12.3. The van der Waals surface area contributed by atoms with E-state index in [4.69, 9.17) is 4.74 Å². The van der Waals surface area contributed by atoms with Gasteiger partial charge in [0.15, 0.2) is 5.82 Å². The van der Waals surface area contributed by atoms with Crippen LogP contribution in [0, 0.1) is 5.41 Å². The first kappa shape index (κ1) is 14.1. The molecule has 0 radical (unpaired) electrons. The van der Waals surface area contributed by atoms with E-state index in [2.05, 4.69) is 15.3 Å². The Morgan fingerprint density at radius 1 is 1.48 bits per heavy atom. The van der Waals surface area contributed by atoms with Crippen molar-refractivity contribution in [3.05, 3.63) is 12.4 Å². The van der Waals surface area contributed by atoms with Gasteiger partial charge in [0.1, 0.15) is 0 Å². The number of anilines is 1. The van der Waals surface area contributed by atoms with Gasteiger partial charge >= 0.3 is 0 Å². The summed E-state index contributed by atoms with van der Waals surface area (Å²) in [6.45, 7) is 1.75. The van der Waals surface area contributed by atoms with Gasteiger partial charge in [0, 0.05) is 32.0 Å². The Hall–Kier alpha value is -1.89. The number of piperidine rings is 2. The van der Waals surface area contributed by atoms with E-state index in [1.165, 1.54) is 0 Å². The molecule has 2 aliphatic heterocycles. The summed E-state index contributed by atoms with van der Waals surface area (Å²) < 4.78 is 5.25. The monoisotopic (exact) mass is 292 g/mol. The van der Waals surface area contributed by atoms with E-state index < -0.39 is 11.5 Å². The molecule has 21 heavy (non-hydrogen) atoms. The van der Waals surface area contributed by atoms with Crippen LogP contribution in [0.5, 0.6) is 5.88 Å². The summed E-state index contributed by atoms with van der Waals surface area (Å²) in [6, 6.07) is 0. The minimum absolute atomic E-state index is 0.0613. The van der Waals surface area contributed by atoms with E-state index in [1.54, 1.807) is 19.5 Å². The second kappa shape index (κ2) is 5.48. The SMILES string of the molecule is COc1nccnc1N1CC[C@H](O)[C@@]2(CCCNC2=O)C1. The predicted molar refractivity (Wildman–Crippen MR) is 76.1 cm³/mol. The molecule has 7 heteroatoms. The maximum Gasteiger partial charge on any atom is 0.257 e. The summed E-state index contributed by atoms with van der Waals surface area (Å²) in [6.07, 6.45) is 4.68. The van der Waals surface area contributed by atoms with Crippen molar-refractivity contribution in [1.29, 1.82) is 0 Å². The minimum atomic E-state index is -0.751. The normalized spacial score (nSPS) is 29.3. The average Bonchev–Trinajstić information content (AvgIpc) is 2.52. The number of ether oxygens (including phenoxy) is 1. The molecule has 2 N–H and O–H groups in total. The van der Waals surface area contributed by atoms with E-state index in [-0.39, 0.29) is 5.91 Å². The first-order valence-electron chi connectivity index (χ1n) is 7.24. The van der Waals surface area contributed by atoms with Gasteiger partial charge in [-0.25, -0.2) is 9.97 Å². The Bertz CT molecular complexity index is 539. The molecular weight excluding hydrogens is 272 g/mol. The van der Waals surface area contributed by atoms with Gasteiger partial charge in [-0.05, 0) is 19.3 Å². The zero-order chi connectivity index (χ0) is 14.9. The maximum atomic E-state index is 12.3. The molecule has 1 amide bonds. The van der Waals surface area contributed by atoms with Crippen molar-refractivity contribution in [3.63, 3.8) is 0 Å². The third-order valence-corrected chi connectivity index (χ3v) is 4.46. The van der Waals surface area contributed by atoms with Crippen LogP contribution >= 0.6 is 0 Å². The molecule has 3 heterocycles. The Labute approximate surface area is 123 Å².